The van der Waals surface area contributed by atoms with Gasteiger partial charge in [-0.25, -0.2) is 0 Å². The van der Waals surface area contributed by atoms with Crippen LogP contribution in [-0.4, -0.2) is 13.4 Å². The molecule has 164 valence electrons. The predicted octanol–water partition coefficient (Wildman–Crippen LogP) is 6.34. The zero-order valence-electron chi connectivity index (χ0n) is 18.8. The first kappa shape index (κ1) is 20.6. The van der Waals surface area contributed by atoms with Crippen molar-refractivity contribution in [3.8, 4) is 11.5 Å². The van der Waals surface area contributed by atoms with Gasteiger partial charge in [0.15, 0.2) is 11.5 Å². The highest BCUT2D eigenvalue weighted by Gasteiger charge is 2.54. The summed E-state index contributed by atoms with van der Waals surface area (Å²) in [4.78, 5) is 11.2. The van der Waals surface area contributed by atoms with E-state index in [0.717, 1.165) is 42.5 Å². The molecule has 0 heterocycles. The minimum absolute atomic E-state index is 0.350. The van der Waals surface area contributed by atoms with E-state index >= 15 is 0 Å². The Morgan fingerprint density at radius 1 is 1.06 bits per heavy atom. The SMILES string of the molecule is COc1cc2c(cc1OCc1ccccc1)CC[C@@H]1[C@@H]2CC[C@]2(C)[C@@H](CC=O)CC[C@@H]12. The maximum Gasteiger partial charge on any atom is 0.161 e. The van der Waals surface area contributed by atoms with Gasteiger partial charge in [0.25, 0.3) is 0 Å². The number of methoxy groups -OCH3 is 1. The molecular formula is C28H34O3. The number of hydrogen-bond donors (Lipinski definition) is 0. The summed E-state index contributed by atoms with van der Waals surface area (Å²) in [7, 11) is 1.75. The molecule has 0 radical (unpaired) electrons. The smallest absolute Gasteiger partial charge is 0.161 e. The molecule has 31 heavy (non-hydrogen) atoms. The maximum atomic E-state index is 11.2. The monoisotopic (exact) mass is 418 g/mol. The molecule has 0 saturated heterocycles. The lowest BCUT2D eigenvalue weighted by atomic mass is 9.54. The zero-order valence-corrected chi connectivity index (χ0v) is 18.8. The highest BCUT2D eigenvalue weighted by molar-refractivity contribution is 5.51. The molecule has 0 aromatic heterocycles. The van der Waals surface area contributed by atoms with Crippen molar-refractivity contribution >= 4 is 6.29 Å². The number of aldehydes is 1. The minimum Gasteiger partial charge on any atom is -0.493 e. The van der Waals surface area contributed by atoms with Gasteiger partial charge in [0.1, 0.15) is 12.9 Å². The summed E-state index contributed by atoms with van der Waals surface area (Å²) in [6, 6.07) is 14.8. The lowest BCUT2D eigenvalue weighted by molar-refractivity contribution is -0.109. The number of hydrogen-bond acceptors (Lipinski definition) is 3. The summed E-state index contributed by atoms with van der Waals surface area (Å²) in [6.07, 6.45) is 9.27. The molecule has 3 heteroatoms. The minimum atomic E-state index is 0.350. The zero-order chi connectivity index (χ0) is 21.4. The maximum absolute atomic E-state index is 11.2. The summed E-state index contributed by atoms with van der Waals surface area (Å²) in [5.74, 6) is 4.41. The molecule has 0 amide bonds. The number of aryl methyl sites for hydroxylation is 1. The first-order valence-electron chi connectivity index (χ1n) is 11.9. The van der Waals surface area contributed by atoms with Crippen molar-refractivity contribution in [3.63, 3.8) is 0 Å². The molecular weight excluding hydrogens is 384 g/mol. The lowest BCUT2D eigenvalue weighted by Gasteiger charge is -2.51. The van der Waals surface area contributed by atoms with E-state index in [-0.39, 0.29) is 0 Å². The van der Waals surface area contributed by atoms with Gasteiger partial charge in [0, 0.05) is 6.42 Å². The van der Waals surface area contributed by atoms with Gasteiger partial charge >= 0.3 is 0 Å². The van der Waals surface area contributed by atoms with Crippen molar-refractivity contribution in [2.45, 2.75) is 64.4 Å². The number of fused-ring (bicyclic) bond motifs is 5. The predicted molar refractivity (Wildman–Crippen MR) is 123 cm³/mol. The van der Waals surface area contributed by atoms with Gasteiger partial charge in [-0.1, -0.05) is 37.3 Å². The summed E-state index contributed by atoms with van der Waals surface area (Å²) >= 11 is 0. The van der Waals surface area contributed by atoms with Crippen molar-refractivity contribution in [2.24, 2.45) is 23.2 Å². The van der Waals surface area contributed by atoms with Gasteiger partial charge in [-0.15, -0.1) is 0 Å². The van der Waals surface area contributed by atoms with Crippen molar-refractivity contribution in [1.82, 2.24) is 0 Å². The molecule has 2 aromatic rings. The third-order valence-electron chi connectivity index (χ3n) is 8.82. The molecule has 5 rings (SSSR count). The van der Waals surface area contributed by atoms with Gasteiger partial charge in [-0.3, -0.25) is 0 Å². The van der Waals surface area contributed by atoms with Crippen molar-refractivity contribution in [1.29, 1.82) is 0 Å². The Morgan fingerprint density at radius 2 is 1.90 bits per heavy atom. The highest BCUT2D eigenvalue weighted by atomic mass is 16.5. The van der Waals surface area contributed by atoms with Gasteiger partial charge in [-0.05, 0) is 96.4 Å². The van der Waals surface area contributed by atoms with E-state index in [9.17, 15) is 4.79 Å². The molecule has 0 N–H and O–H groups in total. The Labute approximate surface area is 186 Å². The summed E-state index contributed by atoms with van der Waals surface area (Å²) in [5.41, 5.74) is 4.44. The quantitative estimate of drug-likeness (QED) is 0.514. The van der Waals surface area contributed by atoms with Gasteiger partial charge in [0.05, 0.1) is 7.11 Å². The summed E-state index contributed by atoms with van der Waals surface area (Å²) in [6.45, 7) is 3.03. The number of benzene rings is 2. The fourth-order valence-electron chi connectivity index (χ4n) is 7.20. The number of rotatable bonds is 6. The fraction of sp³-hybridized carbons (Fsp3) is 0.536. The molecule has 2 aromatic carbocycles. The van der Waals surface area contributed by atoms with Crippen molar-refractivity contribution in [3.05, 3.63) is 59.2 Å². The van der Waals surface area contributed by atoms with Crippen LogP contribution < -0.4 is 9.47 Å². The fourth-order valence-corrected chi connectivity index (χ4v) is 7.20. The standard InChI is InChI=1S/C28H34O3/c1-28-14-12-22-23(25(28)11-9-21(28)13-15-29)10-8-20-16-27(26(30-2)17-24(20)22)31-18-19-6-4-3-5-7-19/h3-7,15-17,21-23,25H,8-14,18H2,1-2H3/t21-,22+,23-,25+,28-/m1/s1. The number of ether oxygens (including phenoxy) is 2. The molecule has 0 spiro atoms. The topological polar surface area (TPSA) is 35.5 Å². The summed E-state index contributed by atoms with van der Waals surface area (Å²) < 4.78 is 12.0. The largest absolute Gasteiger partial charge is 0.493 e. The Balaban J connectivity index is 1.39. The van der Waals surface area contributed by atoms with E-state index < -0.39 is 0 Å². The van der Waals surface area contributed by atoms with Crippen LogP contribution in [0.2, 0.25) is 0 Å². The van der Waals surface area contributed by atoms with E-state index in [4.69, 9.17) is 9.47 Å². The van der Waals surface area contributed by atoms with Gasteiger partial charge < -0.3 is 14.3 Å². The molecule has 0 bridgehead atoms. The van der Waals surface area contributed by atoms with Crippen LogP contribution in [0.4, 0.5) is 0 Å². The first-order valence-corrected chi connectivity index (χ1v) is 11.9. The van der Waals surface area contributed by atoms with E-state index in [2.05, 4.69) is 31.2 Å². The molecule has 5 atom stereocenters. The highest BCUT2D eigenvalue weighted by Crippen LogP contribution is 2.63. The second-order valence-corrected chi connectivity index (χ2v) is 10.1. The second-order valence-electron chi connectivity index (χ2n) is 10.1. The molecule has 2 saturated carbocycles. The average molecular weight is 419 g/mol. The summed E-state index contributed by atoms with van der Waals surface area (Å²) in [5, 5.41) is 0. The van der Waals surface area contributed by atoms with Crippen LogP contribution in [0.25, 0.3) is 0 Å². The van der Waals surface area contributed by atoms with Gasteiger partial charge in [-0.2, -0.15) is 0 Å². The molecule has 0 aliphatic heterocycles. The number of carbonyl (C=O) groups excluding carboxylic acids is 1. The molecule has 3 aliphatic rings. The Morgan fingerprint density at radius 3 is 2.68 bits per heavy atom. The van der Waals surface area contributed by atoms with Crippen molar-refractivity contribution < 1.29 is 14.3 Å². The van der Waals surface area contributed by atoms with Crippen LogP contribution >= 0.6 is 0 Å². The van der Waals surface area contributed by atoms with Crippen LogP contribution in [0.3, 0.4) is 0 Å². The normalized spacial score (nSPS) is 31.3. The van der Waals surface area contributed by atoms with Crippen LogP contribution in [0.15, 0.2) is 42.5 Å². The van der Waals surface area contributed by atoms with Crippen LogP contribution in [-0.2, 0) is 17.8 Å². The van der Waals surface area contributed by atoms with E-state index in [0.29, 0.717) is 23.9 Å². The number of carbonyl (C=O) groups is 1. The van der Waals surface area contributed by atoms with E-state index in [1.54, 1.807) is 7.11 Å². The molecule has 0 unspecified atom stereocenters. The van der Waals surface area contributed by atoms with Crippen molar-refractivity contribution in [2.75, 3.05) is 7.11 Å². The Bertz CT molecular complexity index is 937. The third-order valence-corrected chi connectivity index (χ3v) is 8.82. The second kappa shape index (κ2) is 8.33. The van der Waals surface area contributed by atoms with Crippen LogP contribution in [0.1, 0.15) is 68.1 Å². The van der Waals surface area contributed by atoms with Gasteiger partial charge in [0.2, 0.25) is 0 Å². The van der Waals surface area contributed by atoms with E-state index in [1.807, 2.05) is 18.2 Å². The first-order chi connectivity index (χ1) is 15.1. The van der Waals surface area contributed by atoms with E-state index in [1.165, 1.54) is 48.8 Å². The van der Waals surface area contributed by atoms with Crippen LogP contribution in [0.5, 0.6) is 11.5 Å². The molecule has 2 fully saturated rings. The third kappa shape index (κ3) is 3.56. The Kier molecular flexibility index (Phi) is 5.54. The lowest BCUT2D eigenvalue weighted by Crippen LogP contribution is -2.42. The molecule has 3 aliphatic carbocycles. The Hall–Kier alpha value is -2.29. The van der Waals surface area contributed by atoms with Crippen LogP contribution in [0, 0.1) is 23.2 Å². The average Bonchev–Trinajstić information content (AvgIpc) is 3.14. The molecule has 3 nitrogen and oxygen atoms in total.